The predicted molar refractivity (Wildman–Crippen MR) is 187 cm³/mol. The van der Waals surface area contributed by atoms with Crippen LogP contribution in [-0.2, 0) is 4.57 Å². The highest BCUT2D eigenvalue weighted by Crippen LogP contribution is 2.43. The van der Waals surface area contributed by atoms with E-state index in [-0.39, 0.29) is 0 Å². The van der Waals surface area contributed by atoms with Gasteiger partial charge in [-0.2, -0.15) is 0 Å². The van der Waals surface area contributed by atoms with Crippen molar-refractivity contribution < 1.29 is 13.4 Å². The Bertz CT molecular complexity index is 2580. The average Bonchev–Trinajstić information content (AvgIpc) is 3.69. The lowest BCUT2D eigenvalue weighted by Gasteiger charge is -2.20. The molecule has 0 saturated carbocycles. The number of fused-ring (bicyclic) bond motifs is 6. The molecule has 0 atom stereocenters. The zero-order valence-electron chi connectivity index (χ0n) is 24.5. The largest absolute Gasteiger partial charge is 0.456 e. The van der Waals surface area contributed by atoms with Gasteiger partial charge in [0, 0.05) is 67.8 Å². The quantitative estimate of drug-likeness (QED) is 0.181. The van der Waals surface area contributed by atoms with E-state index in [2.05, 4.69) is 40.3 Å². The third-order valence-corrected chi connectivity index (χ3v) is 11.8. The van der Waals surface area contributed by atoms with E-state index in [1.807, 2.05) is 109 Å². The van der Waals surface area contributed by atoms with E-state index in [1.165, 1.54) is 0 Å². The summed E-state index contributed by atoms with van der Waals surface area (Å²) in [5, 5.41) is 6.32. The fraction of sp³-hybridized carbons (Fsp3) is 0. The lowest BCUT2D eigenvalue weighted by atomic mass is 10.00. The molecule has 46 heavy (non-hydrogen) atoms. The van der Waals surface area contributed by atoms with Gasteiger partial charge in [-0.3, -0.25) is 9.97 Å². The Morgan fingerprint density at radius 1 is 0.413 bits per heavy atom. The first kappa shape index (κ1) is 26.6. The summed E-state index contributed by atoms with van der Waals surface area (Å²) in [5.41, 5.74) is 7.32. The van der Waals surface area contributed by atoms with Crippen molar-refractivity contribution in [1.82, 2.24) is 9.97 Å². The molecule has 0 fully saturated rings. The highest BCUT2D eigenvalue weighted by Gasteiger charge is 2.30. The van der Waals surface area contributed by atoms with Gasteiger partial charge in [-0.05, 0) is 65.2 Å². The number of hydrogen-bond donors (Lipinski definition) is 0. The van der Waals surface area contributed by atoms with Gasteiger partial charge in [-0.15, -0.1) is 0 Å². The van der Waals surface area contributed by atoms with Crippen molar-refractivity contribution in [3.63, 3.8) is 0 Å². The minimum absolute atomic E-state index is 0.694. The number of rotatable bonds is 5. The van der Waals surface area contributed by atoms with Gasteiger partial charge in [-0.25, -0.2) is 0 Å². The summed E-state index contributed by atoms with van der Waals surface area (Å²) in [5.74, 6) is 0. The van der Waals surface area contributed by atoms with Crippen molar-refractivity contribution >= 4 is 66.9 Å². The van der Waals surface area contributed by atoms with Crippen LogP contribution >= 0.6 is 7.14 Å². The molecule has 6 heteroatoms. The summed E-state index contributed by atoms with van der Waals surface area (Å²) in [6, 6.07) is 42.0. The summed E-state index contributed by atoms with van der Waals surface area (Å²) >= 11 is 0. The van der Waals surface area contributed by atoms with Crippen molar-refractivity contribution in [2.24, 2.45) is 0 Å². The molecule has 0 bridgehead atoms. The van der Waals surface area contributed by atoms with E-state index in [1.54, 1.807) is 12.4 Å². The fourth-order valence-corrected chi connectivity index (χ4v) is 9.05. The van der Waals surface area contributed by atoms with Gasteiger partial charge in [0.05, 0.1) is 0 Å². The highest BCUT2D eigenvalue weighted by atomic mass is 31.2. The van der Waals surface area contributed by atoms with Crippen molar-refractivity contribution in [2.75, 3.05) is 0 Å². The molecule has 0 N–H and O–H groups in total. The van der Waals surface area contributed by atoms with Gasteiger partial charge >= 0.3 is 0 Å². The molecule has 9 rings (SSSR count). The van der Waals surface area contributed by atoms with Crippen LogP contribution < -0.4 is 15.9 Å². The van der Waals surface area contributed by atoms with E-state index in [0.717, 1.165) is 76.7 Å². The molecule has 5 aromatic carbocycles. The van der Waals surface area contributed by atoms with Gasteiger partial charge < -0.3 is 13.4 Å². The first-order chi connectivity index (χ1) is 22.6. The molecule has 0 spiro atoms. The van der Waals surface area contributed by atoms with Crippen LogP contribution in [0.5, 0.6) is 0 Å². The second kappa shape index (κ2) is 10.4. The van der Waals surface area contributed by atoms with E-state index >= 15 is 0 Å². The number of furan rings is 2. The highest BCUT2D eigenvalue weighted by molar-refractivity contribution is 7.85. The van der Waals surface area contributed by atoms with Crippen molar-refractivity contribution in [2.45, 2.75) is 0 Å². The summed E-state index contributed by atoms with van der Waals surface area (Å²) in [6.45, 7) is 0. The Kier molecular flexibility index (Phi) is 6.02. The van der Waals surface area contributed by atoms with E-state index < -0.39 is 7.14 Å². The molecular weight excluding hydrogens is 587 g/mol. The molecular formula is C40H25N2O3P. The normalized spacial score (nSPS) is 12.0. The van der Waals surface area contributed by atoms with Crippen molar-refractivity contribution in [1.29, 1.82) is 0 Å². The smallest absolute Gasteiger partial charge is 0.172 e. The maximum absolute atomic E-state index is 15.0. The number of hydrogen-bond acceptors (Lipinski definition) is 5. The standard InChI is InChI=1S/C40H25N2O3P/c43-46(30-7-3-1-4-8-30,31-9-5-2-6-10-31)32-19-29(23-42-24-32)28-13-16-38-34(22-28)33-20-26(11-14-37(33)44-38)27-12-15-39-35(21-27)36-25-41-18-17-40(36)45-39/h1-25H. The molecule has 0 saturated heterocycles. The Hall–Kier alpha value is -5.77. The van der Waals surface area contributed by atoms with Crippen LogP contribution in [0.1, 0.15) is 0 Å². The van der Waals surface area contributed by atoms with Crippen LogP contribution in [0.3, 0.4) is 0 Å². The van der Waals surface area contributed by atoms with Gasteiger partial charge in [0.15, 0.2) is 7.14 Å². The summed E-state index contributed by atoms with van der Waals surface area (Å²) in [4.78, 5) is 8.89. The van der Waals surface area contributed by atoms with Gasteiger partial charge in [0.1, 0.15) is 22.3 Å². The van der Waals surface area contributed by atoms with Gasteiger partial charge in [0.25, 0.3) is 0 Å². The molecule has 4 aromatic heterocycles. The summed E-state index contributed by atoms with van der Waals surface area (Å²) in [7, 11) is -3.16. The lowest BCUT2D eigenvalue weighted by Crippen LogP contribution is -2.25. The first-order valence-electron chi connectivity index (χ1n) is 15.1. The molecule has 0 unspecified atom stereocenters. The first-order valence-corrected chi connectivity index (χ1v) is 16.8. The van der Waals surface area contributed by atoms with Crippen LogP contribution in [-0.4, -0.2) is 9.97 Å². The predicted octanol–water partition coefficient (Wildman–Crippen LogP) is 9.25. The van der Waals surface area contributed by atoms with E-state index in [9.17, 15) is 4.57 Å². The monoisotopic (exact) mass is 612 g/mol. The summed E-state index contributed by atoms with van der Waals surface area (Å²) < 4.78 is 27.3. The molecule has 9 aromatic rings. The Balaban J connectivity index is 1.16. The lowest BCUT2D eigenvalue weighted by molar-refractivity contribution is 0.592. The topological polar surface area (TPSA) is 69.1 Å². The molecule has 0 radical (unpaired) electrons. The molecule has 5 nitrogen and oxygen atoms in total. The second-order valence-corrected chi connectivity index (χ2v) is 14.2. The van der Waals surface area contributed by atoms with Crippen LogP contribution in [0.25, 0.3) is 66.1 Å². The minimum Gasteiger partial charge on any atom is -0.456 e. The van der Waals surface area contributed by atoms with Crippen LogP contribution in [0.4, 0.5) is 0 Å². The van der Waals surface area contributed by atoms with Crippen molar-refractivity contribution in [3.8, 4) is 22.3 Å². The molecule has 218 valence electrons. The Morgan fingerprint density at radius 2 is 0.913 bits per heavy atom. The maximum Gasteiger partial charge on any atom is 0.172 e. The number of benzene rings is 5. The number of aromatic nitrogens is 2. The number of pyridine rings is 2. The third kappa shape index (κ3) is 4.21. The molecule has 0 amide bonds. The SMILES string of the molecule is O=P(c1ccccc1)(c1ccccc1)c1cncc(-c2ccc3oc4ccc(-c5ccc6oc7ccncc7c6c5)cc4c3c2)c1. The van der Waals surface area contributed by atoms with Crippen LogP contribution in [0.2, 0.25) is 0 Å². The Labute approximate surface area is 264 Å². The molecule has 0 aliphatic carbocycles. The summed E-state index contributed by atoms with van der Waals surface area (Å²) in [6.07, 6.45) is 7.16. The third-order valence-electron chi connectivity index (χ3n) is 8.73. The fourth-order valence-electron chi connectivity index (χ4n) is 6.42. The average molecular weight is 613 g/mol. The van der Waals surface area contributed by atoms with Crippen molar-refractivity contribution in [3.05, 3.63) is 152 Å². The van der Waals surface area contributed by atoms with E-state index in [4.69, 9.17) is 8.83 Å². The van der Waals surface area contributed by atoms with Crippen LogP contribution in [0, 0.1) is 0 Å². The molecule has 4 heterocycles. The van der Waals surface area contributed by atoms with E-state index in [0.29, 0.717) is 5.30 Å². The second-order valence-electron chi connectivity index (χ2n) is 11.4. The zero-order chi connectivity index (χ0) is 30.7. The number of nitrogens with zero attached hydrogens (tertiary/aromatic N) is 2. The van der Waals surface area contributed by atoms with Gasteiger partial charge in [0.2, 0.25) is 0 Å². The molecule has 0 aliphatic rings. The minimum atomic E-state index is -3.16. The molecule has 0 aliphatic heterocycles. The maximum atomic E-state index is 15.0. The van der Waals surface area contributed by atoms with Crippen LogP contribution in [0.15, 0.2) is 161 Å². The van der Waals surface area contributed by atoms with Gasteiger partial charge in [-0.1, -0.05) is 78.9 Å². The Morgan fingerprint density at radius 3 is 1.48 bits per heavy atom. The zero-order valence-corrected chi connectivity index (χ0v) is 25.4.